The fraction of sp³-hybridized carbons (Fsp3) is 0.350. The molecular formula is C20H27N7. The Bertz CT molecular complexity index is 884. The minimum absolute atomic E-state index is 0.683. The third kappa shape index (κ3) is 4.97. The predicted molar refractivity (Wildman–Crippen MR) is 111 cm³/mol. The zero-order valence-electron chi connectivity index (χ0n) is 16.2. The number of rotatable bonds is 7. The third-order valence-corrected chi connectivity index (χ3v) is 4.33. The van der Waals surface area contributed by atoms with Gasteiger partial charge in [-0.3, -0.25) is 9.67 Å². The molecule has 0 aliphatic heterocycles. The van der Waals surface area contributed by atoms with Gasteiger partial charge < -0.3 is 15.5 Å². The number of hydrogen-bond acceptors (Lipinski definition) is 4. The molecule has 0 bridgehead atoms. The summed E-state index contributed by atoms with van der Waals surface area (Å²) in [6.45, 7) is 2.40. The van der Waals surface area contributed by atoms with E-state index < -0.39 is 0 Å². The molecule has 0 aliphatic rings. The van der Waals surface area contributed by atoms with Crippen molar-refractivity contribution in [2.24, 2.45) is 4.99 Å². The van der Waals surface area contributed by atoms with Crippen molar-refractivity contribution in [3.8, 4) is 0 Å². The molecule has 2 aromatic heterocycles. The van der Waals surface area contributed by atoms with Crippen molar-refractivity contribution in [2.45, 2.75) is 19.5 Å². The van der Waals surface area contributed by atoms with Crippen LogP contribution in [0.1, 0.15) is 12.0 Å². The van der Waals surface area contributed by atoms with Gasteiger partial charge in [0.2, 0.25) is 0 Å². The summed E-state index contributed by atoms with van der Waals surface area (Å²) in [6.07, 6.45) is 4.75. The Labute approximate surface area is 160 Å². The highest BCUT2D eigenvalue weighted by molar-refractivity contribution is 5.85. The van der Waals surface area contributed by atoms with E-state index in [4.69, 9.17) is 4.98 Å². The second-order valence-corrected chi connectivity index (χ2v) is 6.53. The highest BCUT2D eigenvalue weighted by Gasteiger charge is 2.08. The lowest BCUT2D eigenvalue weighted by Crippen LogP contribution is -2.37. The molecule has 7 nitrogen and oxygen atoms in total. The van der Waals surface area contributed by atoms with Gasteiger partial charge in [0.1, 0.15) is 5.82 Å². The van der Waals surface area contributed by atoms with Gasteiger partial charge in [-0.25, -0.2) is 4.98 Å². The minimum Gasteiger partial charge on any atom is -0.363 e. The van der Waals surface area contributed by atoms with Crippen LogP contribution in [-0.4, -0.2) is 48.4 Å². The fourth-order valence-corrected chi connectivity index (χ4v) is 2.89. The van der Waals surface area contributed by atoms with Gasteiger partial charge in [0.05, 0.1) is 5.52 Å². The van der Waals surface area contributed by atoms with Gasteiger partial charge in [0, 0.05) is 58.6 Å². The monoisotopic (exact) mass is 365 g/mol. The van der Waals surface area contributed by atoms with Crippen molar-refractivity contribution in [2.75, 3.05) is 32.6 Å². The number of hydrogen-bond donors (Lipinski definition) is 2. The molecule has 3 rings (SSSR count). The lowest BCUT2D eigenvalue weighted by Gasteiger charge is -2.17. The smallest absolute Gasteiger partial charge is 0.191 e. The summed E-state index contributed by atoms with van der Waals surface area (Å²) in [7, 11) is 5.81. The highest BCUT2D eigenvalue weighted by Crippen LogP contribution is 2.21. The summed E-state index contributed by atoms with van der Waals surface area (Å²) in [5.41, 5.74) is 2.20. The first kappa shape index (κ1) is 18.7. The Balaban J connectivity index is 1.60. The highest BCUT2D eigenvalue weighted by atomic mass is 15.3. The molecule has 0 saturated carbocycles. The summed E-state index contributed by atoms with van der Waals surface area (Å²) < 4.78 is 1.93. The van der Waals surface area contributed by atoms with Gasteiger partial charge >= 0.3 is 0 Å². The van der Waals surface area contributed by atoms with Crippen LogP contribution in [0.2, 0.25) is 0 Å². The molecule has 7 heteroatoms. The quantitative estimate of drug-likeness (QED) is 0.382. The Hall–Kier alpha value is -3.09. The first-order valence-electron chi connectivity index (χ1n) is 9.15. The predicted octanol–water partition coefficient (Wildman–Crippen LogP) is 2.25. The van der Waals surface area contributed by atoms with Gasteiger partial charge in [0.25, 0.3) is 0 Å². The molecule has 142 valence electrons. The van der Waals surface area contributed by atoms with Crippen LogP contribution in [-0.2, 0) is 13.1 Å². The molecule has 0 unspecified atom stereocenters. The zero-order chi connectivity index (χ0) is 19.1. The normalized spacial score (nSPS) is 11.6. The number of aliphatic imine (C=N–C) groups is 1. The van der Waals surface area contributed by atoms with Crippen LogP contribution < -0.4 is 15.5 Å². The Morgan fingerprint density at radius 2 is 2.04 bits per heavy atom. The maximum absolute atomic E-state index is 4.71. The minimum atomic E-state index is 0.683. The SMILES string of the molecule is CN=C(NCCCn1cccn1)NCc1cc(N(C)C)nc2ccccc12. The first-order valence-corrected chi connectivity index (χ1v) is 9.15. The maximum Gasteiger partial charge on any atom is 0.191 e. The molecule has 0 fully saturated rings. The van der Waals surface area contributed by atoms with Gasteiger partial charge in [-0.15, -0.1) is 0 Å². The van der Waals surface area contributed by atoms with Crippen LogP contribution in [0.15, 0.2) is 53.8 Å². The van der Waals surface area contributed by atoms with Crippen molar-refractivity contribution in [3.05, 3.63) is 54.4 Å². The Kier molecular flexibility index (Phi) is 6.25. The van der Waals surface area contributed by atoms with E-state index in [0.717, 1.165) is 42.2 Å². The third-order valence-electron chi connectivity index (χ3n) is 4.33. The molecule has 1 aromatic carbocycles. The Morgan fingerprint density at radius 3 is 2.78 bits per heavy atom. The molecule has 27 heavy (non-hydrogen) atoms. The average molecular weight is 365 g/mol. The van der Waals surface area contributed by atoms with Crippen LogP contribution >= 0.6 is 0 Å². The molecule has 0 amide bonds. The number of pyridine rings is 1. The Morgan fingerprint density at radius 1 is 1.19 bits per heavy atom. The molecule has 0 saturated heterocycles. The first-order chi connectivity index (χ1) is 13.2. The number of anilines is 1. The van der Waals surface area contributed by atoms with Gasteiger partial charge in [-0.1, -0.05) is 18.2 Å². The number of nitrogens with zero attached hydrogens (tertiary/aromatic N) is 5. The van der Waals surface area contributed by atoms with Crippen LogP contribution in [0, 0.1) is 0 Å². The van der Waals surface area contributed by atoms with E-state index in [0.29, 0.717) is 6.54 Å². The summed E-state index contributed by atoms with van der Waals surface area (Å²) in [5.74, 6) is 1.75. The van der Waals surface area contributed by atoms with Crippen molar-refractivity contribution in [3.63, 3.8) is 0 Å². The van der Waals surface area contributed by atoms with E-state index in [-0.39, 0.29) is 0 Å². The summed E-state index contributed by atoms with van der Waals surface area (Å²) in [6, 6.07) is 12.3. The van der Waals surface area contributed by atoms with Crippen LogP contribution in [0.25, 0.3) is 10.9 Å². The molecule has 2 heterocycles. The number of aryl methyl sites for hydroxylation is 1. The van der Waals surface area contributed by atoms with E-state index in [9.17, 15) is 0 Å². The summed E-state index contributed by atoms with van der Waals surface area (Å²) >= 11 is 0. The van der Waals surface area contributed by atoms with E-state index in [1.54, 1.807) is 13.2 Å². The van der Waals surface area contributed by atoms with Gasteiger partial charge in [0.15, 0.2) is 5.96 Å². The summed E-state index contributed by atoms with van der Waals surface area (Å²) in [4.78, 5) is 11.1. The molecule has 0 aliphatic carbocycles. The van der Waals surface area contributed by atoms with Gasteiger partial charge in [-0.05, 0) is 30.2 Å². The summed E-state index contributed by atoms with van der Waals surface area (Å²) in [5, 5.41) is 12.1. The number of nitrogens with one attached hydrogen (secondary N) is 2. The average Bonchev–Trinajstić information content (AvgIpc) is 3.20. The molecule has 0 atom stereocenters. The lowest BCUT2D eigenvalue weighted by atomic mass is 10.1. The molecule has 3 aromatic rings. The largest absolute Gasteiger partial charge is 0.363 e. The lowest BCUT2D eigenvalue weighted by molar-refractivity contribution is 0.570. The number of benzene rings is 1. The maximum atomic E-state index is 4.71. The number of para-hydroxylation sites is 1. The van der Waals surface area contributed by atoms with E-state index in [1.807, 2.05) is 54.1 Å². The number of guanidine groups is 1. The van der Waals surface area contributed by atoms with Crippen molar-refractivity contribution in [1.82, 2.24) is 25.4 Å². The topological polar surface area (TPSA) is 70.4 Å². The van der Waals surface area contributed by atoms with E-state index >= 15 is 0 Å². The van der Waals surface area contributed by atoms with Crippen molar-refractivity contribution in [1.29, 1.82) is 0 Å². The molecule has 0 spiro atoms. The fourth-order valence-electron chi connectivity index (χ4n) is 2.89. The number of aromatic nitrogens is 3. The van der Waals surface area contributed by atoms with E-state index in [1.165, 1.54) is 5.56 Å². The molecular weight excluding hydrogens is 338 g/mol. The van der Waals surface area contributed by atoms with Crippen molar-refractivity contribution < 1.29 is 0 Å². The van der Waals surface area contributed by atoms with Gasteiger partial charge in [-0.2, -0.15) is 5.10 Å². The molecule has 2 N–H and O–H groups in total. The zero-order valence-corrected chi connectivity index (χ0v) is 16.2. The second kappa shape index (κ2) is 9.02. The van der Waals surface area contributed by atoms with Crippen LogP contribution in [0.5, 0.6) is 0 Å². The molecule has 0 radical (unpaired) electrons. The van der Waals surface area contributed by atoms with E-state index in [2.05, 4.69) is 32.9 Å². The van der Waals surface area contributed by atoms with Crippen LogP contribution in [0.4, 0.5) is 5.82 Å². The number of fused-ring (bicyclic) bond motifs is 1. The standard InChI is InChI=1S/C20H27N7/c1-21-20(22-10-6-12-27-13-7-11-24-27)23-15-16-14-19(26(2)3)25-18-9-5-4-8-17(16)18/h4-5,7-9,11,13-14H,6,10,12,15H2,1-3H3,(H2,21,22,23). The second-order valence-electron chi connectivity index (χ2n) is 6.53. The van der Waals surface area contributed by atoms with Crippen LogP contribution in [0.3, 0.4) is 0 Å². The van der Waals surface area contributed by atoms with Crippen molar-refractivity contribution >= 4 is 22.7 Å².